The Hall–Kier alpha value is -1.20. The van der Waals surface area contributed by atoms with E-state index in [2.05, 4.69) is 0 Å². The molecule has 0 spiro atoms. The maximum absolute atomic E-state index is 11.4. The molecule has 0 heterocycles. The largest absolute Gasteiger partial charge is 0.293 e. The molecule has 7 heteroatoms. The predicted octanol–water partition coefficient (Wildman–Crippen LogP) is 2.49. The van der Waals surface area contributed by atoms with Crippen molar-refractivity contribution in [2.45, 2.75) is 0 Å². The predicted molar refractivity (Wildman–Crippen MR) is 65.6 cm³/mol. The van der Waals surface area contributed by atoms with Crippen LogP contribution in [0.15, 0.2) is 12.1 Å². The average Bonchev–Trinajstić information content (AvgIpc) is 2.27. The van der Waals surface area contributed by atoms with Crippen molar-refractivity contribution in [3.8, 4) is 6.07 Å². The topological polar surface area (TPSA) is 84.0 Å². The van der Waals surface area contributed by atoms with E-state index < -0.39 is 10.7 Å². The first kappa shape index (κ1) is 12.9. The number of alkyl halides is 1. The quantitative estimate of drug-likeness (QED) is 0.276. The molecule has 0 aliphatic heterocycles. The zero-order valence-corrected chi connectivity index (χ0v) is 10.7. The van der Waals surface area contributed by atoms with Crippen LogP contribution in [0.4, 0.5) is 5.69 Å². The Labute approximate surface area is 109 Å². The molecule has 0 bridgehead atoms. The van der Waals surface area contributed by atoms with Gasteiger partial charge in [0.05, 0.1) is 10.8 Å². The van der Waals surface area contributed by atoms with Gasteiger partial charge < -0.3 is 0 Å². The Morgan fingerprint density at radius 2 is 2.25 bits per heavy atom. The Bertz CT molecular complexity index is 510. The molecule has 0 unspecified atom stereocenters. The molecule has 0 N–H and O–H groups in total. The first-order valence-electron chi connectivity index (χ1n) is 3.98. The van der Waals surface area contributed by atoms with Gasteiger partial charge in [-0.15, -0.1) is 11.6 Å². The van der Waals surface area contributed by atoms with Gasteiger partial charge in [-0.05, 0) is 28.7 Å². The van der Waals surface area contributed by atoms with Crippen molar-refractivity contribution in [2.75, 3.05) is 5.88 Å². The van der Waals surface area contributed by atoms with E-state index in [9.17, 15) is 14.9 Å². The lowest BCUT2D eigenvalue weighted by atomic mass is 10.1. The molecule has 1 aromatic rings. The second kappa shape index (κ2) is 5.23. The number of carbonyl (C=O) groups excluding carboxylic acids is 1. The van der Waals surface area contributed by atoms with Crippen LogP contribution in [0.1, 0.15) is 15.9 Å². The van der Waals surface area contributed by atoms with E-state index in [1.54, 1.807) is 6.07 Å². The van der Waals surface area contributed by atoms with Gasteiger partial charge in [-0.3, -0.25) is 14.9 Å². The van der Waals surface area contributed by atoms with Crippen LogP contribution in [0.3, 0.4) is 0 Å². The number of Topliss-reactive ketones (excluding diaryl/α,β-unsaturated/α-hetero) is 1. The first-order chi connectivity index (χ1) is 7.51. The lowest BCUT2D eigenvalue weighted by molar-refractivity contribution is -0.385. The Morgan fingerprint density at radius 1 is 1.62 bits per heavy atom. The van der Waals surface area contributed by atoms with Crippen LogP contribution in [-0.2, 0) is 0 Å². The molecule has 0 atom stereocenters. The van der Waals surface area contributed by atoms with Crippen LogP contribution < -0.4 is 0 Å². The number of nitriles is 1. The zero-order chi connectivity index (χ0) is 12.3. The monoisotopic (exact) mass is 350 g/mol. The summed E-state index contributed by atoms with van der Waals surface area (Å²) in [5, 5.41) is 19.4. The molecule has 0 fully saturated rings. The summed E-state index contributed by atoms with van der Waals surface area (Å²) in [7, 11) is 0. The van der Waals surface area contributed by atoms with E-state index in [0.717, 1.165) is 6.07 Å². The standard InChI is InChI=1S/C9H4ClIN2O3/c10-3-9(14)6-2-8(13(15)16)5(4-12)1-7(6)11/h1-2H,3H2. The Balaban J connectivity index is 3.46. The second-order valence-corrected chi connectivity index (χ2v) is 4.20. The van der Waals surface area contributed by atoms with Crippen molar-refractivity contribution in [1.29, 1.82) is 5.26 Å². The minimum absolute atomic E-state index is 0.0690. The number of rotatable bonds is 3. The molecule has 0 aromatic heterocycles. The van der Waals surface area contributed by atoms with Crippen LogP contribution in [0.2, 0.25) is 0 Å². The minimum atomic E-state index is -0.695. The van der Waals surface area contributed by atoms with E-state index in [0.29, 0.717) is 3.57 Å². The molecule has 5 nitrogen and oxygen atoms in total. The molecular formula is C9H4ClIN2O3. The van der Waals surface area contributed by atoms with Gasteiger partial charge >= 0.3 is 0 Å². The normalized spacial score (nSPS) is 9.56. The Morgan fingerprint density at radius 3 is 2.69 bits per heavy atom. The minimum Gasteiger partial charge on any atom is -0.293 e. The van der Waals surface area contributed by atoms with Crippen molar-refractivity contribution in [2.24, 2.45) is 0 Å². The number of benzene rings is 1. The molecular weight excluding hydrogens is 346 g/mol. The number of ketones is 1. The number of carbonyl (C=O) groups is 1. The molecule has 0 amide bonds. The number of halogens is 2. The van der Waals surface area contributed by atoms with E-state index in [4.69, 9.17) is 16.9 Å². The van der Waals surface area contributed by atoms with Crippen LogP contribution in [0.5, 0.6) is 0 Å². The highest BCUT2D eigenvalue weighted by molar-refractivity contribution is 14.1. The molecule has 0 aliphatic rings. The van der Waals surface area contributed by atoms with E-state index >= 15 is 0 Å². The molecule has 0 aliphatic carbocycles. The van der Waals surface area contributed by atoms with Gasteiger partial charge in [0, 0.05) is 15.2 Å². The van der Waals surface area contributed by atoms with Crippen molar-refractivity contribution >= 4 is 45.7 Å². The fraction of sp³-hybridized carbons (Fsp3) is 0.111. The highest BCUT2D eigenvalue weighted by Crippen LogP contribution is 2.25. The SMILES string of the molecule is N#Cc1cc(I)c(C(=O)CCl)cc1[N+](=O)[O-]. The summed E-state index contributed by atoms with van der Waals surface area (Å²) in [6.07, 6.45) is 0. The summed E-state index contributed by atoms with van der Waals surface area (Å²) in [5.74, 6) is -0.655. The smallest absolute Gasteiger partial charge is 0.287 e. The number of nitro groups is 1. The fourth-order valence-corrected chi connectivity index (χ4v) is 2.00. The zero-order valence-electron chi connectivity index (χ0n) is 7.74. The van der Waals surface area contributed by atoms with E-state index in [-0.39, 0.29) is 22.7 Å². The third-order valence-electron chi connectivity index (χ3n) is 1.82. The van der Waals surface area contributed by atoms with Crippen LogP contribution in [-0.4, -0.2) is 16.6 Å². The van der Waals surface area contributed by atoms with Crippen LogP contribution in [0.25, 0.3) is 0 Å². The molecule has 16 heavy (non-hydrogen) atoms. The molecule has 82 valence electrons. The lowest BCUT2D eigenvalue weighted by Crippen LogP contribution is -2.05. The van der Waals surface area contributed by atoms with Gasteiger partial charge in [0.2, 0.25) is 0 Å². The van der Waals surface area contributed by atoms with Gasteiger partial charge in [-0.25, -0.2) is 0 Å². The van der Waals surface area contributed by atoms with Crippen LogP contribution >= 0.6 is 34.2 Å². The number of hydrogen-bond donors (Lipinski definition) is 0. The third kappa shape index (κ3) is 2.48. The van der Waals surface area contributed by atoms with Crippen molar-refractivity contribution in [1.82, 2.24) is 0 Å². The summed E-state index contributed by atoms with van der Waals surface area (Å²) >= 11 is 7.21. The molecule has 1 aromatic carbocycles. The maximum atomic E-state index is 11.4. The Kier molecular flexibility index (Phi) is 4.20. The number of nitro benzene ring substituents is 1. The molecule has 1 rings (SSSR count). The van der Waals surface area contributed by atoms with Gasteiger partial charge in [-0.2, -0.15) is 5.26 Å². The molecule has 0 radical (unpaired) electrons. The second-order valence-electron chi connectivity index (χ2n) is 2.77. The summed E-state index contributed by atoms with van der Waals surface area (Å²) in [6.45, 7) is 0. The highest BCUT2D eigenvalue weighted by atomic mass is 127. The highest BCUT2D eigenvalue weighted by Gasteiger charge is 2.20. The van der Waals surface area contributed by atoms with Gasteiger partial charge in [0.25, 0.3) is 5.69 Å². The average molecular weight is 350 g/mol. The third-order valence-corrected chi connectivity index (χ3v) is 2.96. The van der Waals surface area contributed by atoms with Crippen molar-refractivity contribution < 1.29 is 9.72 Å². The molecule has 0 saturated carbocycles. The van der Waals surface area contributed by atoms with Crippen molar-refractivity contribution in [3.63, 3.8) is 0 Å². The summed E-state index contributed by atoms with van der Waals surface area (Å²) < 4.78 is 0.477. The first-order valence-corrected chi connectivity index (χ1v) is 5.59. The van der Waals surface area contributed by atoms with Gasteiger partial charge in [-0.1, -0.05) is 0 Å². The van der Waals surface area contributed by atoms with Crippen LogP contribution in [0, 0.1) is 25.0 Å². The van der Waals surface area contributed by atoms with E-state index in [1.165, 1.54) is 6.07 Å². The number of nitrogens with zero attached hydrogens (tertiary/aromatic N) is 2. The number of hydrogen-bond acceptors (Lipinski definition) is 4. The van der Waals surface area contributed by atoms with E-state index in [1.807, 2.05) is 22.6 Å². The summed E-state index contributed by atoms with van der Waals surface area (Å²) in [5.41, 5.74) is -0.279. The van der Waals surface area contributed by atoms with Gasteiger partial charge in [0.15, 0.2) is 5.78 Å². The summed E-state index contributed by atoms with van der Waals surface area (Å²) in [4.78, 5) is 21.3. The molecule has 0 saturated heterocycles. The summed E-state index contributed by atoms with van der Waals surface area (Å²) in [6, 6.07) is 4.10. The van der Waals surface area contributed by atoms with Crippen molar-refractivity contribution in [3.05, 3.63) is 36.9 Å². The fourth-order valence-electron chi connectivity index (χ4n) is 1.09. The van der Waals surface area contributed by atoms with Gasteiger partial charge in [0.1, 0.15) is 11.6 Å². The lowest BCUT2D eigenvalue weighted by Gasteiger charge is -2.02. The maximum Gasteiger partial charge on any atom is 0.287 e.